The van der Waals surface area contributed by atoms with Crippen LogP contribution in [0, 0.1) is 5.82 Å². The molecule has 3 rings (SSSR count). The predicted octanol–water partition coefficient (Wildman–Crippen LogP) is 4.85. The van der Waals surface area contributed by atoms with Crippen LogP contribution in [0.4, 0.5) is 21.6 Å². The predicted molar refractivity (Wildman–Crippen MR) is 94.6 cm³/mol. The zero-order valence-corrected chi connectivity index (χ0v) is 14.0. The van der Waals surface area contributed by atoms with Gasteiger partial charge in [-0.25, -0.2) is 14.4 Å². The van der Waals surface area contributed by atoms with E-state index in [2.05, 4.69) is 9.97 Å². The molecule has 0 aliphatic heterocycles. The van der Waals surface area contributed by atoms with Crippen LogP contribution in [0.2, 0.25) is 10.0 Å². The summed E-state index contributed by atoms with van der Waals surface area (Å²) in [6, 6.07) is 11.2. The number of halogens is 3. The van der Waals surface area contributed by atoms with Gasteiger partial charge in [-0.1, -0.05) is 29.3 Å². The van der Waals surface area contributed by atoms with Crippen LogP contribution < -0.4 is 10.6 Å². The fraction of sp³-hybridized carbons (Fsp3) is 0.0588. The molecule has 0 spiro atoms. The highest BCUT2D eigenvalue weighted by Crippen LogP contribution is 2.39. The minimum atomic E-state index is -0.367. The standard InChI is InChI=1S/C17H13Cl2FN4/c18-11-6-15(19)14(9-21)16(7-11)24(17-4-5-22-10-23-17)13-3-1-2-12(20)8-13/h1-8,10H,9,21H2. The van der Waals surface area contributed by atoms with Crippen LogP contribution in [0.15, 0.2) is 55.0 Å². The number of hydrogen-bond acceptors (Lipinski definition) is 4. The Labute approximate surface area is 148 Å². The molecule has 0 atom stereocenters. The molecule has 0 saturated carbocycles. The lowest BCUT2D eigenvalue weighted by molar-refractivity contribution is 0.628. The number of nitrogens with two attached hydrogens (primary N) is 1. The maximum Gasteiger partial charge on any atom is 0.140 e. The van der Waals surface area contributed by atoms with Gasteiger partial charge in [0.2, 0.25) is 0 Å². The Kier molecular flexibility index (Phi) is 4.94. The Balaban J connectivity index is 2.27. The number of benzene rings is 2. The Bertz CT molecular complexity index is 858. The largest absolute Gasteiger partial charge is 0.326 e. The van der Waals surface area contributed by atoms with E-state index in [-0.39, 0.29) is 12.4 Å². The van der Waals surface area contributed by atoms with Crippen LogP contribution in [-0.2, 0) is 6.54 Å². The second-order valence-electron chi connectivity index (χ2n) is 4.97. The maximum absolute atomic E-state index is 13.8. The normalized spacial score (nSPS) is 10.7. The van der Waals surface area contributed by atoms with E-state index in [0.29, 0.717) is 32.8 Å². The van der Waals surface area contributed by atoms with Gasteiger partial charge in [-0.15, -0.1) is 0 Å². The molecule has 122 valence electrons. The second kappa shape index (κ2) is 7.13. The molecule has 0 amide bonds. The molecule has 0 unspecified atom stereocenters. The van der Waals surface area contributed by atoms with Gasteiger partial charge in [-0.05, 0) is 36.4 Å². The van der Waals surface area contributed by atoms with Crippen LogP contribution in [0.5, 0.6) is 0 Å². The number of hydrogen-bond donors (Lipinski definition) is 1. The van der Waals surface area contributed by atoms with E-state index in [0.717, 1.165) is 0 Å². The molecule has 7 heteroatoms. The van der Waals surface area contributed by atoms with E-state index in [1.54, 1.807) is 41.4 Å². The topological polar surface area (TPSA) is 55.0 Å². The minimum absolute atomic E-state index is 0.197. The van der Waals surface area contributed by atoms with Gasteiger partial charge < -0.3 is 5.73 Å². The summed E-state index contributed by atoms with van der Waals surface area (Å²) in [5.41, 5.74) is 7.76. The molecule has 0 aliphatic carbocycles. The number of anilines is 3. The lowest BCUT2D eigenvalue weighted by Crippen LogP contribution is -2.15. The maximum atomic E-state index is 13.8. The Morgan fingerprint density at radius 1 is 1.12 bits per heavy atom. The smallest absolute Gasteiger partial charge is 0.140 e. The Morgan fingerprint density at radius 2 is 1.96 bits per heavy atom. The fourth-order valence-corrected chi connectivity index (χ4v) is 2.98. The molecular formula is C17H13Cl2FN4. The zero-order valence-electron chi connectivity index (χ0n) is 12.5. The Morgan fingerprint density at radius 3 is 2.62 bits per heavy atom. The Hall–Kier alpha value is -2.21. The summed E-state index contributed by atoms with van der Waals surface area (Å²) in [6.07, 6.45) is 3.01. The molecule has 2 aromatic carbocycles. The van der Waals surface area contributed by atoms with Gasteiger partial charge in [0.15, 0.2) is 0 Å². The van der Waals surface area contributed by atoms with Gasteiger partial charge in [0.05, 0.1) is 11.4 Å². The minimum Gasteiger partial charge on any atom is -0.326 e. The van der Waals surface area contributed by atoms with Crippen molar-refractivity contribution in [1.29, 1.82) is 0 Å². The zero-order chi connectivity index (χ0) is 17.1. The van der Waals surface area contributed by atoms with Crippen LogP contribution in [0.1, 0.15) is 5.56 Å². The highest BCUT2D eigenvalue weighted by Gasteiger charge is 2.19. The van der Waals surface area contributed by atoms with Crippen molar-refractivity contribution in [3.8, 4) is 0 Å². The van der Waals surface area contributed by atoms with Crippen molar-refractivity contribution in [1.82, 2.24) is 9.97 Å². The number of aromatic nitrogens is 2. The fourth-order valence-electron chi connectivity index (χ4n) is 2.42. The first-order valence-electron chi connectivity index (χ1n) is 7.10. The molecule has 0 saturated heterocycles. The first kappa shape index (κ1) is 16.6. The van der Waals surface area contributed by atoms with E-state index in [1.807, 2.05) is 0 Å². The molecule has 0 bridgehead atoms. The third-order valence-electron chi connectivity index (χ3n) is 3.44. The lowest BCUT2D eigenvalue weighted by Gasteiger charge is -2.26. The molecule has 2 N–H and O–H groups in total. The summed E-state index contributed by atoms with van der Waals surface area (Å²) >= 11 is 12.5. The van der Waals surface area contributed by atoms with Crippen LogP contribution in [0.25, 0.3) is 0 Å². The van der Waals surface area contributed by atoms with Gasteiger partial charge in [0.1, 0.15) is 18.0 Å². The molecule has 24 heavy (non-hydrogen) atoms. The van der Waals surface area contributed by atoms with Gasteiger partial charge in [0, 0.05) is 28.4 Å². The molecule has 0 aliphatic rings. The summed E-state index contributed by atoms with van der Waals surface area (Å²) in [7, 11) is 0. The summed E-state index contributed by atoms with van der Waals surface area (Å²) < 4.78 is 13.8. The quantitative estimate of drug-likeness (QED) is 0.720. The van der Waals surface area contributed by atoms with Crippen molar-refractivity contribution in [3.63, 3.8) is 0 Å². The molecule has 1 heterocycles. The van der Waals surface area contributed by atoms with Crippen molar-refractivity contribution in [2.24, 2.45) is 5.73 Å². The summed E-state index contributed by atoms with van der Waals surface area (Å²) in [5, 5.41) is 0.887. The molecule has 1 aromatic heterocycles. The van der Waals surface area contributed by atoms with E-state index < -0.39 is 0 Å². The highest BCUT2D eigenvalue weighted by molar-refractivity contribution is 6.35. The van der Waals surface area contributed by atoms with Gasteiger partial charge >= 0.3 is 0 Å². The lowest BCUT2D eigenvalue weighted by atomic mass is 10.1. The van der Waals surface area contributed by atoms with Crippen LogP contribution in [0.3, 0.4) is 0 Å². The molecular weight excluding hydrogens is 350 g/mol. The van der Waals surface area contributed by atoms with E-state index >= 15 is 0 Å². The van der Waals surface area contributed by atoms with Crippen molar-refractivity contribution in [3.05, 3.63) is 76.4 Å². The average molecular weight is 363 g/mol. The number of nitrogens with zero attached hydrogens (tertiary/aromatic N) is 3. The second-order valence-corrected chi connectivity index (χ2v) is 5.82. The molecule has 4 nitrogen and oxygen atoms in total. The van der Waals surface area contributed by atoms with Crippen molar-refractivity contribution in [2.75, 3.05) is 4.90 Å². The van der Waals surface area contributed by atoms with Crippen LogP contribution in [-0.4, -0.2) is 9.97 Å². The third-order valence-corrected chi connectivity index (χ3v) is 4.00. The first-order chi connectivity index (χ1) is 11.6. The van der Waals surface area contributed by atoms with Crippen LogP contribution >= 0.6 is 23.2 Å². The van der Waals surface area contributed by atoms with E-state index in [9.17, 15) is 4.39 Å². The van der Waals surface area contributed by atoms with E-state index in [4.69, 9.17) is 28.9 Å². The summed E-state index contributed by atoms with van der Waals surface area (Å²) in [5.74, 6) is 0.178. The molecule has 3 aromatic rings. The molecule has 0 radical (unpaired) electrons. The van der Waals surface area contributed by atoms with Gasteiger partial charge in [-0.3, -0.25) is 4.90 Å². The van der Waals surface area contributed by atoms with Crippen molar-refractivity contribution in [2.45, 2.75) is 6.54 Å². The van der Waals surface area contributed by atoms with Gasteiger partial charge in [-0.2, -0.15) is 0 Å². The average Bonchev–Trinajstić information content (AvgIpc) is 2.56. The monoisotopic (exact) mass is 362 g/mol. The van der Waals surface area contributed by atoms with Crippen molar-refractivity contribution < 1.29 is 4.39 Å². The summed E-state index contributed by atoms with van der Waals surface area (Å²) in [4.78, 5) is 9.92. The number of rotatable bonds is 4. The SMILES string of the molecule is NCc1c(Cl)cc(Cl)cc1N(c1cccc(F)c1)c1ccncn1. The van der Waals surface area contributed by atoms with E-state index in [1.165, 1.54) is 18.5 Å². The highest BCUT2D eigenvalue weighted by atomic mass is 35.5. The third kappa shape index (κ3) is 3.33. The summed E-state index contributed by atoms with van der Waals surface area (Å²) in [6.45, 7) is 0.197. The molecule has 0 fully saturated rings. The first-order valence-corrected chi connectivity index (χ1v) is 7.85. The van der Waals surface area contributed by atoms with Gasteiger partial charge in [0.25, 0.3) is 0 Å². The van der Waals surface area contributed by atoms with Crippen molar-refractivity contribution >= 4 is 40.4 Å².